The van der Waals surface area contributed by atoms with E-state index in [1.165, 1.54) is 0 Å². The second-order valence-corrected chi connectivity index (χ2v) is 1.64. The topological polar surface area (TPSA) is 61.3 Å². The van der Waals surface area contributed by atoms with Gasteiger partial charge in [-0.2, -0.15) is 0 Å². The van der Waals surface area contributed by atoms with Gasteiger partial charge in [-0.15, -0.1) is 0 Å². The largest absolute Gasteiger partial charge is 0.409 e. The molecule has 1 aromatic heterocycles. The molecule has 0 saturated heterocycles. The molecule has 1 aromatic rings. The molecule has 0 atom stereocenters. The van der Waals surface area contributed by atoms with Crippen LogP contribution >= 0.6 is 0 Å². The van der Waals surface area contributed by atoms with Crippen LogP contribution in [0.1, 0.15) is 5.82 Å². The molecule has 0 aliphatic rings. The molecule has 48 valence electrons. The summed E-state index contributed by atoms with van der Waals surface area (Å²) in [6.07, 6.45) is 1.57. The lowest BCUT2D eigenvalue weighted by molar-refractivity contribution is 0.298. The number of aromatic amines is 1. The molecule has 0 amide bonds. The van der Waals surface area contributed by atoms with Gasteiger partial charge in [0.15, 0.2) is 5.49 Å². The van der Waals surface area contributed by atoms with Crippen molar-refractivity contribution in [3.63, 3.8) is 0 Å². The Bertz CT molecular complexity index is 252. The normalized spacial score (nSPS) is 11.9. The van der Waals surface area contributed by atoms with Crippen LogP contribution in [0.3, 0.4) is 0 Å². The molecular formula is C5H7N3O. The van der Waals surface area contributed by atoms with Crippen molar-refractivity contribution in [3.8, 4) is 0 Å². The molecule has 4 nitrogen and oxygen atoms in total. The lowest BCUT2D eigenvalue weighted by Gasteiger charge is -1.87. The SMILES string of the molecule is Cc1nccc(=NO)[nH]1. The van der Waals surface area contributed by atoms with Gasteiger partial charge in [0.25, 0.3) is 0 Å². The van der Waals surface area contributed by atoms with Crippen LogP contribution in [0.5, 0.6) is 0 Å². The zero-order chi connectivity index (χ0) is 6.69. The minimum absolute atomic E-state index is 0.419. The first-order valence-corrected chi connectivity index (χ1v) is 2.53. The average molecular weight is 125 g/mol. The number of aryl methyl sites for hydroxylation is 1. The van der Waals surface area contributed by atoms with Gasteiger partial charge in [-0.3, -0.25) is 0 Å². The third-order valence-corrected chi connectivity index (χ3v) is 0.917. The van der Waals surface area contributed by atoms with Gasteiger partial charge in [0.05, 0.1) is 0 Å². The molecule has 0 radical (unpaired) electrons. The summed E-state index contributed by atoms with van der Waals surface area (Å²) in [5, 5.41) is 11.2. The highest BCUT2D eigenvalue weighted by molar-refractivity contribution is 4.84. The summed E-state index contributed by atoms with van der Waals surface area (Å²) in [5.74, 6) is 0.727. The van der Waals surface area contributed by atoms with Gasteiger partial charge in [0.1, 0.15) is 5.82 Å². The molecule has 0 aromatic carbocycles. The van der Waals surface area contributed by atoms with Gasteiger partial charge in [-0.1, -0.05) is 5.16 Å². The summed E-state index contributed by atoms with van der Waals surface area (Å²) in [6.45, 7) is 1.79. The molecule has 2 N–H and O–H groups in total. The number of aromatic nitrogens is 2. The second kappa shape index (κ2) is 2.30. The van der Waals surface area contributed by atoms with E-state index in [0.717, 1.165) is 5.82 Å². The maximum absolute atomic E-state index is 8.23. The fourth-order valence-electron chi connectivity index (χ4n) is 0.537. The van der Waals surface area contributed by atoms with Crippen molar-refractivity contribution in [2.24, 2.45) is 5.16 Å². The Morgan fingerprint density at radius 2 is 2.56 bits per heavy atom. The predicted octanol–water partition coefficient (Wildman–Crippen LogP) is 0.00802. The quantitative estimate of drug-likeness (QED) is 0.379. The summed E-state index contributed by atoms with van der Waals surface area (Å²) < 4.78 is 0. The maximum atomic E-state index is 8.23. The summed E-state index contributed by atoms with van der Waals surface area (Å²) in [4.78, 5) is 6.59. The number of H-pyrrole nitrogens is 1. The first-order chi connectivity index (χ1) is 4.33. The lowest BCUT2D eigenvalue weighted by atomic mass is 10.6. The van der Waals surface area contributed by atoms with E-state index >= 15 is 0 Å². The first-order valence-electron chi connectivity index (χ1n) is 2.53. The van der Waals surface area contributed by atoms with E-state index in [1.54, 1.807) is 19.2 Å². The van der Waals surface area contributed by atoms with Crippen molar-refractivity contribution in [1.29, 1.82) is 0 Å². The van der Waals surface area contributed by atoms with E-state index in [2.05, 4.69) is 15.1 Å². The van der Waals surface area contributed by atoms with Gasteiger partial charge in [-0.05, 0) is 6.92 Å². The van der Waals surface area contributed by atoms with Gasteiger partial charge < -0.3 is 10.2 Å². The monoisotopic (exact) mass is 125 g/mol. The van der Waals surface area contributed by atoms with Crippen molar-refractivity contribution >= 4 is 0 Å². The second-order valence-electron chi connectivity index (χ2n) is 1.64. The Morgan fingerprint density at radius 1 is 1.78 bits per heavy atom. The van der Waals surface area contributed by atoms with E-state index < -0.39 is 0 Å². The summed E-state index contributed by atoms with van der Waals surface area (Å²) in [5.41, 5.74) is 0.419. The standard InChI is InChI=1S/C5H7N3O/c1-4-6-3-2-5(7-4)8-9/h2-3,9H,1H3,(H,6,7,8). The van der Waals surface area contributed by atoms with Crippen LogP contribution in [0.4, 0.5) is 0 Å². The zero-order valence-electron chi connectivity index (χ0n) is 5.00. The van der Waals surface area contributed by atoms with Gasteiger partial charge in [-0.25, -0.2) is 4.98 Å². The first kappa shape index (κ1) is 5.81. The number of rotatable bonds is 0. The van der Waals surface area contributed by atoms with Crippen molar-refractivity contribution in [1.82, 2.24) is 9.97 Å². The highest BCUT2D eigenvalue weighted by atomic mass is 16.4. The van der Waals surface area contributed by atoms with E-state index in [9.17, 15) is 0 Å². The van der Waals surface area contributed by atoms with Gasteiger partial charge >= 0.3 is 0 Å². The van der Waals surface area contributed by atoms with Gasteiger partial charge in [0, 0.05) is 12.3 Å². The lowest BCUT2D eigenvalue weighted by Crippen LogP contribution is -2.08. The zero-order valence-corrected chi connectivity index (χ0v) is 5.00. The highest BCUT2D eigenvalue weighted by Gasteiger charge is 1.80. The number of nitrogens with one attached hydrogen (secondary N) is 1. The molecule has 9 heavy (non-hydrogen) atoms. The average Bonchev–Trinajstić information content (AvgIpc) is 1.88. The molecule has 0 bridgehead atoms. The number of hydrogen-bond donors (Lipinski definition) is 2. The molecule has 0 spiro atoms. The third kappa shape index (κ3) is 1.28. The van der Waals surface area contributed by atoms with Crippen LogP contribution in [0.15, 0.2) is 17.4 Å². The molecule has 0 fully saturated rings. The van der Waals surface area contributed by atoms with E-state index in [1.807, 2.05) is 0 Å². The summed E-state index contributed by atoms with van der Waals surface area (Å²) >= 11 is 0. The van der Waals surface area contributed by atoms with Crippen molar-refractivity contribution in [2.45, 2.75) is 6.92 Å². The molecule has 0 aliphatic heterocycles. The Balaban J connectivity index is 3.25. The number of nitrogens with zero attached hydrogens (tertiary/aromatic N) is 2. The van der Waals surface area contributed by atoms with Crippen LogP contribution in [-0.2, 0) is 0 Å². The fourth-order valence-corrected chi connectivity index (χ4v) is 0.537. The molecule has 4 heteroatoms. The molecule has 1 rings (SSSR count). The molecule has 1 heterocycles. The number of hydrogen-bond acceptors (Lipinski definition) is 3. The highest BCUT2D eigenvalue weighted by Crippen LogP contribution is 1.74. The van der Waals surface area contributed by atoms with E-state index in [0.29, 0.717) is 5.49 Å². The smallest absolute Gasteiger partial charge is 0.172 e. The minimum atomic E-state index is 0.419. The van der Waals surface area contributed by atoms with Crippen LogP contribution in [0.25, 0.3) is 0 Å². The maximum Gasteiger partial charge on any atom is 0.172 e. The Labute approximate surface area is 51.9 Å². The van der Waals surface area contributed by atoms with Crippen LogP contribution in [0, 0.1) is 6.92 Å². The van der Waals surface area contributed by atoms with E-state index in [4.69, 9.17) is 5.21 Å². The summed E-state index contributed by atoms with van der Waals surface area (Å²) in [6, 6.07) is 1.58. The summed E-state index contributed by atoms with van der Waals surface area (Å²) in [7, 11) is 0. The van der Waals surface area contributed by atoms with Crippen molar-refractivity contribution < 1.29 is 5.21 Å². The van der Waals surface area contributed by atoms with Crippen LogP contribution in [0.2, 0.25) is 0 Å². The third-order valence-electron chi connectivity index (χ3n) is 0.917. The molecule has 0 saturated carbocycles. The predicted molar refractivity (Wildman–Crippen MR) is 30.7 cm³/mol. The van der Waals surface area contributed by atoms with Crippen LogP contribution < -0.4 is 5.49 Å². The minimum Gasteiger partial charge on any atom is -0.409 e. The Kier molecular flexibility index (Phi) is 1.48. The molecular weight excluding hydrogens is 118 g/mol. The van der Waals surface area contributed by atoms with Crippen LogP contribution in [-0.4, -0.2) is 15.2 Å². The molecule has 0 unspecified atom stereocenters. The Hall–Kier alpha value is -1.32. The molecule has 0 aliphatic carbocycles. The fraction of sp³-hybridized carbons (Fsp3) is 0.200. The van der Waals surface area contributed by atoms with E-state index in [-0.39, 0.29) is 0 Å². The van der Waals surface area contributed by atoms with Crippen molar-refractivity contribution in [3.05, 3.63) is 23.6 Å². The van der Waals surface area contributed by atoms with Gasteiger partial charge in [0.2, 0.25) is 0 Å². The Morgan fingerprint density at radius 3 is 3.00 bits per heavy atom. The van der Waals surface area contributed by atoms with Crippen molar-refractivity contribution in [2.75, 3.05) is 0 Å².